The molecule has 1 atom stereocenters. The summed E-state index contributed by atoms with van der Waals surface area (Å²) in [6.45, 7) is 7.68. The molecule has 0 amide bonds. The predicted octanol–water partition coefficient (Wildman–Crippen LogP) is 7.41. The van der Waals surface area contributed by atoms with Gasteiger partial charge in [0.05, 0.1) is 17.0 Å². The highest BCUT2D eigenvalue weighted by Crippen LogP contribution is 2.82. The summed E-state index contributed by atoms with van der Waals surface area (Å²) in [5.74, 6) is 0.833. The van der Waals surface area contributed by atoms with Crippen LogP contribution in [-0.2, 0) is 18.4 Å². The van der Waals surface area contributed by atoms with Crippen molar-refractivity contribution in [3.8, 4) is 11.1 Å². The van der Waals surface area contributed by atoms with Crippen LogP contribution in [0.2, 0.25) is 0 Å². The van der Waals surface area contributed by atoms with Gasteiger partial charge in [0.25, 0.3) is 0 Å². The summed E-state index contributed by atoms with van der Waals surface area (Å²) in [4.78, 5) is 0. The van der Waals surface area contributed by atoms with Gasteiger partial charge in [-0.25, -0.2) is 0 Å². The Hall–Kier alpha value is -0.360. The minimum absolute atomic E-state index is 0.176. The van der Waals surface area contributed by atoms with E-state index in [2.05, 4.69) is 48.5 Å². The van der Waals surface area contributed by atoms with Crippen molar-refractivity contribution >= 4 is 42.9 Å². The van der Waals surface area contributed by atoms with Gasteiger partial charge in [-0.1, -0.05) is 48.5 Å². The molecule has 1 aliphatic carbocycles. The average molecular weight is 467 g/mol. The number of hydrogen-bond acceptors (Lipinski definition) is 6. The van der Waals surface area contributed by atoms with E-state index in [1.165, 1.54) is 22.3 Å². The van der Waals surface area contributed by atoms with Crippen LogP contribution in [0.4, 0.5) is 0 Å². The Morgan fingerprint density at radius 3 is 1.86 bits per heavy atom. The van der Waals surface area contributed by atoms with Gasteiger partial charge >= 0.3 is 7.60 Å². The van der Waals surface area contributed by atoms with E-state index in [4.69, 9.17) is 9.05 Å². The second kappa shape index (κ2) is 7.96. The summed E-state index contributed by atoms with van der Waals surface area (Å²) in [5.41, 5.74) is 5.15. The summed E-state index contributed by atoms with van der Waals surface area (Å²) in [5, 5.41) is 0. The number of fused-ring (bicyclic) bond motifs is 5. The number of rotatable bonds is 6. The fourth-order valence-electron chi connectivity index (χ4n) is 4.08. The monoisotopic (exact) mass is 466 g/mol. The van der Waals surface area contributed by atoms with Crippen molar-refractivity contribution in [3.63, 3.8) is 0 Å². The van der Waals surface area contributed by atoms with Crippen LogP contribution < -0.4 is 0 Å². The molecule has 2 aromatic carbocycles. The minimum Gasteiger partial charge on any atom is -0.304 e. The van der Waals surface area contributed by atoms with Gasteiger partial charge in [0.1, 0.15) is 0 Å². The molecular formula is C22H27O3PS3. The molecule has 0 saturated carbocycles. The maximum atomic E-state index is 14.2. The Morgan fingerprint density at radius 1 is 0.931 bits per heavy atom. The summed E-state index contributed by atoms with van der Waals surface area (Å²) in [6.07, 6.45) is 1.67. The Balaban J connectivity index is 1.85. The molecule has 1 aliphatic heterocycles. The summed E-state index contributed by atoms with van der Waals surface area (Å²) in [6, 6.07) is 17.2. The molecule has 1 saturated heterocycles. The highest BCUT2D eigenvalue weighted by Gasteiger charge is 2.64. The molecule has 1 unspecified atom stereocenters. The van der Waals surface area contributed by atoms with E-state index in [0.29, 0.717) is 0 Å². The average Bonchev–Trinajstić information content (AvgIpc) is 3.21. The van der Waals surface area contributed by atoms with Crippen molar-refractivity contribution in [2.24, 2.45) is 0 Å². The molecule has 1 spiro atoms. The topological polar surface area (TPSA) is 35.5 Å². The van der Waals surface area contributed by atoms with Crippen molar-refractivity contribution < 1.29 is 13.6 Å². The van der Waals surface area contributed by atoms with Gasteiger partial charge in [0, 0.05) is 5.75 Å². The zero-order chi connectivity index (χ0) is 20.9. The van der Waals surface area contributed by atoms with E-state index >= 15 is 0 Å². The van der Waals surface area contributed by atoms with Crippen LogP contribution in [-0.4, -0.2) is 27.4 Å². The van der Waals surface area contributed by atoms with Gasteiger partial charge in [-0.3, -0.25) is 4.57 Å². The molecule has 156 valence electrons. The highest BCUT2D eigenvalue weighted by molar-refractivity contribution is 8.42. The molecule has 0 radical (unpaired) electrons. The van der Waals surface area contributed by atoms with Crippen molar-refractivity contribution in [2.75, 3.05) is 12.0 Å². The van der Waals surface area contributed by atoms with Crippen LogP contribution in [0.1, 0.15) is 38.8 Å². The second-order valence-corrected chi connectivity index (χ2v) is 15.3. The van der Waals surface area contributed by atoms with E-state index in [1.54, 1.807) is 35.3 Å². The van der Waals surface area contributed by atoms with E-state index < -0.39 is 10.7 Å². The van der Waals surface area contributed by atoms with Crippen molar-refractivity contribution in [2.45, 2.75) is 47.8 Å². The van der Waals surface area contributed by atoms with Crippen molar-refractivity contribution in [3.05, 3.63) is 59.7 Å². The van der Waals surface area contributed by atoms with E-state index in [9.17, 15) is 4.57 Å². The third-order valence-electron chi connectivity index (χ3n) is 5.07. The third kappa shape index (κ3) is 3.44. The Kier molecular flexibility index (Phi) is 6.00. The van der Waals surface area contributed by atoms with Gasteiger partial charge in [0.15, 0.2) is 0 Å². The number of hydrogen-bond donors (Lipinski definition) is 0. The van der Waals surface area contributed by atoms with E-state index in [-0.39, 0.29) is 17.0 Å². The smallest absolute Gasteiger partial charge is 0.304 e. The SMILES string of the molecule is CSC1(P(=O)(OC(C)C)OC(C)C)SCC2(S1)c1ccccc1-c1ccccc12. The summed E-state index contributed by atoms with van der Waals surface area (Å²) >= 11 is 5.07. The van der Waals surface area contributed by atoms with Gasteiger partial charge in [-0.05, 0) is 56.2 Å². The lowest BCUT2D eigenvalue weighted by Crippen LogP contribution is -2.25. The normalized spacial score (nSPS) is 22.4. The molecule has 29 heavy (non-hydrogen) atoms. The molecule has 2 aromatic rings. The minimum atomic E-state index is -3.42. The first-order chi connectivity index (χ1) is 13.8. The van der Waals surface area contributed by atoms with Crippen molar-refractivity contribution in [1.82, 2.24) is 0 Å². The molecule has 0 aromatic heterocycles. The molecule has 2 aliphatic rings. The van der Waals surface area contributed by atoms with Gasteiger partial charge in [-0.2, -0.15) is 0 Å². The second-order valence-electron chi connectivity index (χ2n) is 7.84. The lowest BCUT2D eigenvalue weighted by molar-refractivity contribution is 0.143. The lowest BCUT2D eigenvalue weighted by Gasteiger charge is -2.37. The van der Waals surface area contributed by atoms with Gasteiger partial charge in [0.2, 0.25) is 3.15 Å². The predicted molar refractivity (Wildman–Crippen MR) is 129 cm³/mol. The molecule has 4 rings (SSSR count). The van der Waals surface area contributed by atoms with Crippen LogP contribution in [0.25, 0.3) is 11.1 Å². The van der Waals surface area contributed by atoms with Crippen LogP contribution in [0, 0.1) is 0 Å². The maximum absolute atomic E-state index is 14.2. The highest BCUT2D eigenvalue weighted by atomic mass is 32.3. The Labute approximate surface area is 186 Å². The molecular weight excluding hydrogens is 439 g/mol. The molecule has 1 heterocycles. The van der Waals surface area contributed by atoms with E-state index in [1.807, 2.05) is 34.0 Å². The quantitative estimate of drug-likeness (QED) is 0.413. The first-order valence-electron chi connectivity index (χ1n) is 9.82. The van der Waals surface area contributed by atoms with Crippen LogP contribution in [0.15, 0.2) is 48.5 Å². The first kappa shape index (κ1) is 21.9. The Morgan fingerprint density at radius 2 is 1.41 bits per heavy atom. The fourth-order valence-corrected chi connectivity index (χ4v) is 13.3. The van der Waals surface area contributed by atoms with Gasteiger partial charge in [-0.15, -0.1) is 35.3 Å². The summed E-state index contributed by atoms with van der Waals surface area (Å²) < 4.78 is 25.4. The Bertz CT molecular complexity index is 902. The largest absolute Gasteiger partial charge is 0.367 e. The number of thioether (sulfide) groups is 3. The first-order valence-corrected chi connectivity index (χ1v) is 14.4. The van der Waals surface area contributed by atoms with Crippen LogP contribution in [0.3, 0.4) is 0 Å². The van der Waals surface area contributed by atoms with Crippen LogP contribution in [0.5, 0.6) is 0 Å². The molecule has 0 N–H and O–H groups in total. The molecule has 7 heteroatoms. The maximum Gasteiger partial charge on any atom is 0.367 e. The summed E-state index contributed by atoms with van der Waals surface area (Å²) in [7, 11) is -3.42. The molecule has 0 bridgehead atoms. The standard InChI is InChI=1S/C22H27O3PS3/c1-15(2)24-26(23,25-16(3)4)22(27-5)28-14-21(29-22)19-12-8-6-10-17(19)18-11-7-9-13-20(18)21/h6-13,15-16H,14H2,1-5H3. The van der Waals surface area contributed by atoms with Gasteiger partial charge < -0.3 is 9.05 Å². The lowest BCUT2D eigenvalue weighted by atomic mass is 9.98. The van der Waals surface area contributed by atoms with Crippen LogP contribution >= 0.6 is 42.9 Å². The number of benzene rings is 2. The molecule has 3 nitrogen and oxygen atoms in total. The fraction of sp³-hybridized carbons (Fsp3) is 0.455. The third-order valence-corrected chi connectivity index (χ3v) is 15.4. The van der Waals surface area contributed by atoms with Crippen molar-refractivity contribution in [1.29, 1.82) is 0 Å². The zero-order valence-electron chi connectivity index (χ0n) is 17.4. The van der Waals surface area contributed by atoms with E-state index in [0.717, 1.165) is 5.75 Å². The molecule has 1 fully saturated rings. The zero-order valence-corrected chi connectivity index (χ0v) is 20.7.